The first-order valence-corrected chi connectivity index (χ1v) is 6.56. The van der Waals surface area contributed by atoms with Gasteiger partial charge in [-0.15, -0.1) is 0 Å². The smallest absolute Gasteiger partial charge is 0.125 e. The molecule has 0 aliphatic heterocycles. The third-order valence-corrected chi connectivity index (χ3v) is 3.77. The van der Waals surface area contributed by atoms with Gasteiger partial charge in [-0.05, 0) is 57.7 Å². The molecule has 1 aliphatic rings. The van der Waals surface area contributed by atoms with Crippen LogP contribution in [0.2, 0.25) is 0 Å². The summed E-state index contributed by atoms with van der Waals surface area (Å²) >= 11 is 0. The van der Waals surface area contributed by atoms with E-state index in [2.05, 4.69) is 32.9 Å². The van der Waals surface area contributed by atoms with Gasteiger partial charge in [0.25, 0.3) is 0 Å². The maximum atomic E-state index is 6.22. The molecule has 0 amide bonds. The summed E-state index contributed by atoms with van der Waals surface area (Å²) in [5.41, 5.74) is 9.58. The van der Waals surface area contributed by atoms with Gasteiger partial charge in [0, 0.05) is 5.92 Å². The van der Waals surface area contributed by atoms with Gasteiger partial charge in [-0.1, -0.05) is 17.7 Å². The third-order valence-electron chi connectivity index (χ3n) is 3.77. The van der Waals surface area contributed by atoms with Crippen molar-refractivity contribution in [3.8, 4) is 5.75 Å². The average molecular weight is 233 g/mol. The van der Waals surface area contributed by atoms with Gasteiger partial charge in [0.1, 0.15) is 11.9 Å². The number of nitrogens with two attached hydrogens (primary N) is 1. The van der Waals surface area contributed by atoms with Crippen molar-refractivity contribution in [2.24, 2.45) is 11.7 Å². The topological polar surface area (TPSA) is 35.2 Å². The molecule has 94 valence electrons. The molecular formula is C15H23NO. The van der Waals surface area contributed by atoms with Gasteiger partial charge in [0.05, 0.1) is 0 Å². The van der Waals surface area contributed by atoms with Crippen molar-refractivity contribution in [3.63, 3.8) is 0 Å². The number of aryl methyl sites for hydroxylation is 3. The summed E-state index contributed by atoms with van der Waals surface area (Å²) in [6.07, 6.45) is 3.93. The fourth-order valence-corrected chi connectivity index (χ4v) is 2.93. The molecule has 2 rings (SSSR count). The molecule has 2 nitrogen and oxygen atoms in total. The fraction of sp³-hybridized carbons (Fsp3) is 0.600. The highest BCUT2D eigenvalue weighted by Gasteiger charge is 2.28. The quantitative estimate of drug-likeness (QED) is 0.870. The Morgan fingerprint density at radius 1 is 1.18 bits per heavy atom. The predicted octanol–water partition coefficient (Wildman–Crippen LogP) is 3.12. The van der Waals surface area contributed by atoms with Gasteiger partial charge >= 0.3 is 0 Å². The first-order chi connectivity index (χ1) is 8.11. The lowest BCUT2D eigenvalue weighted by Gasteiger charge is -2.22. The lowest BCUT2D eigenvalue weighted by molar-refractivity contribution is 0.160. The monoisotopic (exact) mass is 233 g/mol. The van der Waals surface area contributed by atoms with Crippen LogP contribution in [0.15, 0.2) is 12.1 Å². The van der Waals surface area contributed by atoms with Crippen molar-refractivity contribution in [1.29, 1.82) is 0 Å². The molecule has 0 heterocycles. The molecule has 0 radical (unpaired) electrons. The minimum Gasteiger partial charge on any atom is -0.490 e. The number of hydrogen-bond acceptors (Lipinski definition) is 2. The van der Waals surface area contributed by atoms with Gasteiger partial charge in [0.15, 0.2) is 0 Å². The SMILES string of the molecule is Cc1cc(C)c(OC2CCCC2CN)c(C)c1. The number of hydrogen-bond donors (Lipinski definition) is 1. The van der Waals surface area contributed by atoms with E-state index >= 15 is 0 Å². The van der Waals surface area contributed by atoms with Gasteiger partial charge in [-0.25, -0.2) is 0 Å². The molecule has 2 heteroatoms. The molecule has 17 heavy (non-hydrogen) atoms. The summed E-state index contributed by atoms with van der Waals surface area (Å²) in [6, 6.07) is 4.38. The van der Waals surface area contributed by atoms with Crippen LogP contribution < -0.4 is 10.5 Å². The second kappa shape index (κ2) is 5.09. The minimum absolute atomic E-state index is 0.320. The molecule has 1 aromatic carbocycles. The highest BCUT2D eigenvalue weighted by molar-refractivity contribution is 5.43. The van der Waals surface area contributed by atoms with E-state index in [1.54, 1.807) is 0 Å². The molecular weight excluding hydrogens is 210 g/mol. The maximum Gasteiger partial charge on any atom is 0.125 e. The van der Waals surface area contributed by atoms with Crippen LogP contribution in [-0.4, -0.2) is 12.6 Å². The molecule has 1 fully saturated rings. The molecule has 2 unspecified atom stereocenters. The van der Waals surface area contributed by atoms with Crippen LogP contribution in [0, 0.1) is 26.7 Å². The lowest BCUT2D eigenvalue weighted by Crippen LogP contribution is -2.28. The Bertz CT molecular complexity index is 377. The summed E-state index contributed by atoms with van der Waals surface area (Å²) in [6.45, 7) is 7.13. The van der Waals surface area contributed by atoms with Gasteiger partial charge < -0.3 is 10.5 Å². The first kappa shape index (κ1) is 12.4. The van der Waals surface area contributed by atoms with Crippen molar-refractivity contribution in [2.75, 3.05) is 6.54 Å². The molecule has 0 bridgehead atoms. The normalized spacial score (nSPS) is 24.0. The molecule has 2 N–H and O–H groups in total. The van der Waals surface area contributed by atoms with E-state index in [1.807, 2.05) is 0 Å². The van der Waals surface area contributed by atoms with E-state index in [-0.39, 0.29) is 0 Å². The van der Waals surface area contributed by atoms with E-state index in [0.717, 1.165) is 18.7 Å². The van der Waals surface area contributed by atoms with Gasteiger partial charge in [0.2, 0.25) is 0 Å². The highest BCUT2D eigenvalue weighted by Crippen LogP contribution is 2.32. The Morgan fingerprint density at radius 2 is 1.82 bits per heavy atom. The zero-order chi connectivity index (χ0) is 12.4. The molecule has 1 aliphatic carbocycles. The van der Waals surface area contributed by atoms with Crippen LogP contribution in [0.25, 0.3) is 0 Å². The largest absolute Gasteiger partial charge is 0.490 e. The van der Waals surface area contributed by atoms with Crippen LogP contribution in [0.4, 0.5) is 0 Å². The van der Waals surface area contributed by atoms with Crippen LogP contribution in [-0.2, 0) is 0 Å². The van der Waals surface area contributed by atoms with E-state index in [1.165, 1.54) is 29.5 Å². The number of ether oxygens (including phenoxy) is 1. The summed E-state index contributed by atoms with van der Waals surface area (Å²) in [5, 5.41) is 0. The summed E-state index contributed by atoms with van der Waals surface area (Å²) in [4.78, 5) is 0. The molecule has 1 saturated carbocycles. The Kier molecular flexibility index (Phi) is 3.72. The standard InChI is InChI=1S/C15H23NO/c1-10-7-11(2)15(12(3)8-10)17-14-6-4-5-13(14)9-16/h7-8,13-14H,4-6,9,16H2,1-3H3. The molecule has 0 aromatic heterocycles. The van der Waals surface area contributed by atoms with Crippen LogP contribution in [0.5, 0.6) is 5.75 Å². The van der Waals surface area contributed by atoms with Gasteiger partial charge in [-0.3, -0.25) is 0 Å². The van der Waals surface area contributed by atoms with E-state index < -0.39 is 0 Å². The Hall–Kier alpha value is -1.02. The molecule has 1 aromatic rings. The van der Waals surface area contributed by atoms with Crippen molar-refractivity contribution in [1.82, 2.24) is 0 Å². The highest BCUT2D eigenvalue weighted by atomic mass is 16.5. The molecule has 0 saturated heterocycles. The van der Waals surface area contributed by atoms with E-state index in [9.17, 15) is 0 Å². The van der Waals surface area contributed by atoms with Crippen LogP contribution >= 0.6 is 0 Å². The predicted molar refractivity (Wildman–Crippen MR) is 71.5 cm³/mol. The molecule has 2 atom stereocenters. The van der Waals surface area contributed by atoms with Gasteiger partial charge in [-0.2, -0.15) is 0 Å². The second-order valence-electron chi connectivity index (χ2n) is 5.31. The average Bonchev–Trinajstić information content (AvgIpc) is 2.70. The summed E-state index contributed by atoms with van der Waals surface area (Å²) in [7, 11) is 0. The Labute approximate surface area is 104 Å². The lowest BCUT2D eigenvalue weighted by atomic mass is 10.0. The maximum absolute atomic E-state index is 6.22. The Balaban J connectivity index is 2.18. The van der Waals surface area contributed by atoms with Crippen molar-refractivity contribution < 1.29 is 4.74 Å². The van der Waals surface area contributed by atoms with Crippen molar-refractivity contribution in [3.05, 3.63) is 28.8 Å². The third kappa shape index (κ3) is 2.63. The van der Waals surface area contributed by atoms with Crippen LogP contribution in [0.3, 0.4) is 0 Å². The van der Waals surface area contributed by atoms with Crippen LogP contribution in [0.1, 0.15) is 36.0 Å². The fourth-order valence-electron chi connectivity index (χ4n) is 2.93. The summed E-state index contributed by atoms with van der Waals surface area (Å²) < 4.78 is 6.22. The van der Waals surface area contributed by atoms with Crippen molar-refractivity contribution >= 4 is 0 Å². The first-order valence-electron chi connectivity index (χ1n) is 6.56. The molecule has 0 spiro atoms. The van der Waals surface area contributed by atoms with E-state index in [4.69, 9.17) is 10.5 Å². The number of rotatable bonds is 3. The Morgan fingerprint density at radius 3 is 2.41 bits per heavy atom. The zero-order valence-electron chi connectivity index (χ0n) is 11.1. The zero-order valence-corrected chi connectivity index (χ0v) is 11.1. The minimum atomic E-state index is 0.320. The number of benzene rings is 1. The van der Waals surface area contributed by atoms with Crippen molar-refractivity contribution in [2.45, 2.75) is 46.1 Å². The summed E-state index contributed by atoms with van der Waals surface area (Å²) in [5.74, 6) is 1.61. The van der Waals surface area contributed by atoms with E-state index in [0.29, 0.717) is 12.0 Å². The second-order valence-corrected chi connectivity index (χ2v) is 5.31.